The van der Waals surface area contributed by atoms with Gasteiger partial charge in [-0.05, 0) is 19.3 Å². The molecule has 0 spiro atoms. The Bertz CT molecular complexity index is 393. The molecular weight excluding hydrogens is 250 g/mol. The minimum Gasteiger partial charge on any atom is -0.214 e. The van der Waals surface area contributed by atoms with Crippen molar-refractivity contribution in [1.82, 2.24) is 4.72 Å². The van der Waals surface area contributed by atoms with Crippen LogP contribution >= 0.6 is 0 Å². The largest absolute Gasteiger partial charge is 0.227 e. The Hall–Kier alpha value is -1.11. The minimum atomic E-state index is -3.50. The molecule has 1 unspecified atom stereocenters. The van der Waals surface area contributed by atoms with Gasteiger partial charge in [0.05, 0.1) is 12.1 Å². The van der Waals surface area contributed by atoms with Crippen molar-refractivity contribution in [3.63, 3.8) is 0 Å². The first-order valence-electron chi connectivity index (χ1n) is 6.33. The molecule has 0 amide bonds. The van der Waals surface area contributed by atoms with Gasteiger partial charge in [-0.15, -0.1) is 0 Å². The predicted molar refractivity (Wildman–Crippen MR) is 69.9 cm³/mol. The third kappa shape index (κ3) is 7.26. The summed E-state index contributed by atoms with van der Waals surface area (Å²) < 4.78 is 25.9. The van der Waals surface area contributed by atoms with Gasteiger partial charge in [-0.1, -0.05) is 26.2 Å². The number of nitrogens with one attached hydrogen (secondary N) is 1. The molecule has 0 saturated heterocycles. The van der Waals surface area contributed by atoms with Crippen molar-refractivity contribution in [3.05, 3.63) is 0 Å². The lowest BCUT2D eigenvalue weighted by molar-refractivity contribution is 0.561. The lowest BCUT2D eigenvalue weighted by Crippen LogP contribution is -2.34. The van der Waals surface area contributed by atoms with Gasteiger partial charge in [-0.2, -0.15) is 10.5 Å². The first-order valence-corrected chi connectivity index (χ1v) is 7.88. The van der Waals surface area contributed by atoms with Crippen molar-refractivity contribution in [1.29, 1.82) is 10.5 Å². The molecule has 102 valence electrons. The Labute approximate surface area is 110 Å². The summed E-state index contributed by atoms with van der Waals surface area (Å²) >= 11 is 0. The van der Waals surface area contributed by atoms with Crippen molar-refractivity contribution in [3.8, 4) is 12.1 Å². The molecule has 0 fully saturated rings. The van der Waals surface area contributed by atoms with Crippen LogP contribution in [0.1, 0.15) is 51.9 Å². The fourth-order valence-electron chi connectivity index (χ4n) is 1.55. The highest BCUT2D eigenvalue weighted by molar-refractivity contribution is 7.90. The number of hydrogen-bond donors (Lipinski definition) is 1. The van der Waals surface area contributed by atoms with Gasteiger partial charge < -0.3 is 0 Å². The lowest BCUT2D eigenvalue weighted by atomic mass is 10.1. The molecule has 0 saturated carbocycles. The van der Waals surface area contributed by atoms with E-state index in [1.807, 2.05) is 13.0 Å². The molecule has 0 aromatic heterocycles. The molecule has 1 N–H and O–H groups in total. The van der Waals surface area contributed by atoms with Gasteiger partial charge in [0.1, 0.15) is 0 Å². The molecule has 0 bridgehead atoms. The molecule has 0 aliphatic rings. The highest BCUT2D eigenvalue weighted by Gasteiger charge is 2.23. The third-order valence-corrected chi connectivity index (χ3v) is 4.28. The average molecular weight is 271 g/mol. The van der Waals surface area contributed by atoms with Crippen LogP contribution in [0.15, 0.2) is 0 Å². The van der Waals surface area contributed by atoms with E-state index in [0.29, 0.717) is 25.8 Å². The molecule has 0 aliphatic carbocycles. The van der Waals surface area contributed by atoms with Crippen LogP contribution in [0, 0.1) is 22.7 Å². The maximum absolute atomic E-state index is 11.7. The molecule has 0 rings (SSSR count). The zero-order valence-corrected chi connectivity index (χ0v) is 11.7. The number of sulfonamides is 1. The second kappa shape index (κ2) is 9.87. The Morgan fingerprint density at radius 3 is 2.39 bits per heavy atom. The Morgan fingerprint density at radius 1 is 1.17 bits per heavy atom. The van der Waals surface area contributed by atoms with Gasteiger partial charge in [-0.3, -0.25) is 0 Å². The van der Waals surface area contributed by atoms with E-state index in [0.717, 1.165) is 25.7 Å². The summed E-state index contributed by atoms with van der Waals surface area (Å²) in [5, 5.41) is 16.2. The van der Waals surface area contributed by atoms with E-state index < -0.39 is 15.3 Å². The fraction of sp³-hybridized carbons (Fsp3) is 0.833. The van der Waals surface area contributed by atoms with Crippen LogP contribution in [0.5, 0.6) is 0 Å². The number of nitrogens with zero attached hydrogens (tertiary/aromatic N) is 2. The Morgan fingerprint density at radius 2 is 1.83 bits per heavy atom. The van der Waals surface area contributed by atoms with Gasteiger partial charge in [0.25, 0.3) is 0 Å². The lowest BCUT2D eigenvalue weighted by Gasteiger charge is -2.10. The van der Waals surface area contributed by atoms with Crippen LogP contribution in [-0.4, -0.2) is 20.2 Å². The first kappa shape index (κ1) is 16.9. The van der Waals surface area contributed by atoms with Crippen molar-refractivity contribution < 1.29 is 8.42 Å². The second-order valence-electron chi connectivity index (χ2n) is 4.17. The summed E-state index contributed by atoms with van der Waals surface area (Å²) in [5.74, 6) is 0. The van der Waals surface area contributed by atoms with Gasteiger partial charge in [0.2, 0.25) is 10.0 Å². The highest BCUT2D eigenvalue weighted by atomic mass is 32.2. The number of rotatable bonds is 10. The SMILES string of the molecule is CCCC(C#N)S(=O)(=O)NCCCCCCC#N. The standard InChI is InChI=1S/C12H21N3O2S/c1-2-8-12(11-14)18(16,17)15-10-7-5-3-4-6-9-13/h12,15H,2-8,10H2,1H3. The van der Waals surface area contributed by atoms with E-state index in [9.17, 15) is 8.42 Å². The van der Waals surface area contributed by atoms with Crippen LogP contribution in [0.25, 0.3) is 0 Å². The van der Waals surface area contributed by atoms with E-state index in [4.69, 9.17) is 10.5 Å². The van der Waals surface area contributed by atoms with E-state index in [1.165, 1.54) is 0 Å². The molecule has 5 nitrogen and oxygen atoms in total. The summed E-state index contributed by atoms with van der Waals surface area (Å²) in [7, 11) is -3.50. The normalized spacial score (nSPS) is 12.6. The van der Waals surface area contributed by atoms with Crippen molar-refractivity contribution in [2.45, 2.75) is 57.1 Å². The van der Waals surface area contributed by atoms with E-state index in [1.54, 1.807) is 0 Å². The molecule has 0 heterocycles. The monoisotopic (exact) mass is 271 g/mol. The molecule has 18 heavy (non-hydrogen) atoms. The van der Waals surface area contributed by atoms with Gasteiger partial charge in [-0.25, -0.2) is 13.1 Å². The summed E-state index contributed by atoms with van der Waals surface area (Å²) in [6.07, 6.45) is 5.04. The Balaban J connectivity index is 3.84. The van der Waals surface area contributed by atoms with E-state index in [-0.39, 0.29) is 0 Å². The average Bonchev–Trinajstić information content (AvgIpc) is 2.34. The summed E-state index contributed by atoms with van der Waals surface area (Å²) in [6, 6.07) is 3.90. The van der Waals surface area contributed by atoms with Gasteiger partial charge >= 0.3 is 0 Å². The summed E-state index contributed by atoms with van der Waals surface area (Å²) in [4.78, 5) is 0. The maximum Gasteiger partial charge on any atom is 0.227 e. The van der Waals surface area contributed by atoms with E-state index >= 15 is 0 Å². The Kier molecular flexibility index (Phi) is 9.26. The molecule has 0 aromatic carbocycles. The van der Waals surface area contributed by atoms with Crippen molar-refractivity contribution in [2.75, 3.05) is 6.54 Å². The van der Waals surface area contributed by atoms with Gasteiger partial charge in [0, 0.05) is 13.0 Å². The quantitative estimate of drug-likeness (QED) is 0.615. The summed E-state index contributed by atoms with van der Waals surface area (Å²) in [5.41, 5.74) is 0. The minimum absolute atomic E-state index is 0.369. The fourth-order valence-corrected chi connectivity index (χ4v) is 2.86. The zero-order chi connectivity index (χ0) is 13.9. The number of hydrogen-bond acceptors (Lipinski definition) is 4. The van der Waals surface area contributed by atoms with Crippen LogP contribution in [0.4, 0.5) is 0 Å². The second-order valence-corrected chi connectivity index (χ2v) is 6.12. The third-order valence-electron chi connectivity index (χ3n) is 2.59. The van der Waals surface area contributed by atoms with Crippen LogP contribution < -0.4 is 4.72 Å². The highest BCUT2D eigenvalue weighted by Crippen LogP contribution is 2.07. The topological polar surface area (TPSA) is 93.8 Å². The van der Waals surface area contributed by atoms with Crippen molar-refractivity contribution in [2.24, 2.45) is 0 Å². The molecule has 6 heteroatoms. The molecule has 0 radical (unpaired) electrons. The van der Waals surface area contributed by atoms with E-state index in [2.05, 4.69) is 10.8 Å². The molecule has 0 aliphatic heterocycles. The van der Waals surface area contributed by atoms with Gasteiger partial charge in [0.15, 0.2) is 5.25 Å². The van der Waals surface area contributed by atoms with Crippen molar-refractivity contribution >= 4 is 10.0 Å². The smallest absolute Gasteiger partial charge is 0.214 e. The molecule has 0 aromatic rings. The maximum atomic E-state index is 11.7. The van der Waals surface area contributed by atoms with Crippen LogP contribution in [0.3, 0.4) is 0 Å². The zero-order valence-electron chi connectivity index (χ0n) is 10.9. The number of nitriles is 2. The van der Waals surface area contributed by atoms with Crippen LogP contribution in [-0.2, 0) is 10.0 Å². The molecular formula is C12H21N3O2S. The molecule has 1 atom stereocenters. The number of unbranched alkanes of at least 4 members (excludes halogenated alkanes) is 4. The first-order chi connectivity index (χ1) is 8.58. The predicted octanol–water partition coefficient (Wildman–Crippen LogP) is 2.07. The van der Waals surface area contributed by atoms with Crippen LogP contribution in [0.2, 0.25) is 0 Å². The summed E-state index contributed by atoms with van der Waals surface area (Å²) in [6.45, 7) is 2.23.